The number of hydrogen-bond donors (Lipinski definition) is 1. The lowest BCUT2D eigenvalue weighted by Gasteiger charge is -2.19. The largest absolute Gasteiger partial charge is 0.454 e. The molecule has 2 heterocycles. The van der Waals surface area contributed by atoms with Crippen LogP contribution in [0.15, 0.2) is 30.3 Å². The first-order chi connectivity index (χ1) is 9.63. The predicted molar refractivity (Wildman–Crippen MR) is 81.6 cm³/mol. The molecule has 0 radical (unpaired) electrons. The van der Waals surface area contributed by atoms with Gasteiger partial charge in [-0.1, -0.05) is 6.07 Å². The summed E-state index contributed by atoms with van der Waals surface area (Å²) in [6.45, 7) is 6.84. The minimum atomic E-state index is 0.266. The lowest BCUT2D eigenvalue weighted by atomic mass is 10.1. The van der Waals surface area contributed by atoms with Gasteiger partial charge in [0.05, 0.1) is 0 Å². The molecular formula is C16H19NO2S. The molecule has 0 amide bonds. The summed E-state index contributed by atoms with van der Waals surface area (Å²) in [5, 5.41) is 3.63. The molecule has 2 atom stereocenters. The fourth-order valence-corrected chi connectivity index (χ4v) is 3.31. The van der Waals surface area contributed by atoms with E-state index in [2.05, 4.69) is 50.4 Å². The van der Waals surface area contributed by atoms with Crippen molar-refractivity contribution < 1.29 is 9.47 Å². The van der Waals surface area contributed by atoms with Crippen molar-refractivity contribution in [2.24, 2.45) is 0 Å². The number of rotatable bonds is 4. The van der Waals surface area contributed by atoms with Crippen molar-refractivity contribution in [2.75, 3.05) is 6.79 Å². The van der Waals surface area contributed by atoms with E-state index >= 15 is 0 Å². The average molecular weight is 289 g/mol. The summed E-state index contributed by atoms with van der Waals surface area (Å²) in [5.41, 5.74) is 1.22. The standard InChI is InChI=1S/C16H19NO2S/c1-10-4-7-16(20-10)12(3)17-11(2)13-5-6-14-15(8-13)19-9-18-14/h4-8,11-12,17H,9H2,1-3H3. The highest BCUT2D eigenvalue weighted by atomic mass is 32.1. The second kappa shape index (κ2) is 5.46. The van der Waals surface area contributed by atoms with Gasteiger partial charge in [0.1, 0.15) is 0 Å². The van der Waals surface area contributed by atoms with Crippen LogP contribution in [0.1, 0.15) is 41.2 Å². The highest BCUT2D eigenvalue weighted by Crippen LogP contribution is 2.34. The van der Waals surface area contributed by atoms with E-state index in [0.717, 1.165) is 11.5 Å². The number of hydrogen-bond acceptors (Lipinski definition) is 4. The highest BCUT2D eigenvalue weighted by Gasteiger charge is 2.17. The number of ether oxygens (including phenoxy) is 2. The van der Waals surface area contributed by atoms with Crippen LogP contribution in [0.2, 0.25) is 0 Å². The first-order valence-corrected chi connectivity index (χ1v) is 7.67. The van der Waals surface area contributed by atoms with E-state index in [1.165, 1.54) is 15.3 Å². The van der Waals surface area contributed by atoms with Gasteiger partial charge in [-0.05, 0) is 50.6 Å². The SMILES string of the molecule is Cc1ccc(C(C)NC(C)c2ccc3c(c2)OCO3)s1. The third-order valence-corrected chi connectivity index (χ3v) is 4.77. The van der Waals surface area contributed by atoms with Gasteiger partial charge in [-0.3, -0.25) is 0 Å². The summed E-state index contributed by atoms with van der Waals surface area (Å²) in [6, 6.07) is 11.1. The second-order valence-electron chi connectivity index (χ2n) is 5.17. The Kier molecular flexibility index (Phi) is 3.68. The molecule has 1 aromatic carbocycles. The highest BCUT2D eigenvalue weighted by molar-refractivity contribution is 7.12. The van der Waals surface area contributed by atoms with Crippen LogP contribution in [0.3, 0.4) is 0 Å². The van der Waals surface area contributed by atoms with Crippen molar-refractivity contribution in [1.29, 1.82) is 0 Å². The zero-order valence-corrected chi connectivity index (χ0v) is 12.8. The fraction of sp³-hybridized carbons (Fsp3) is 0.375. The van der Waals surface area contributed by atoms with Crippen LogP contribution in [0.25, 0.3) is 0 Å². The van der Waals surface area contributed by atoms with Crippen LogP contribution in [0.5, 0.6) is 11.5 Å². The predicted octanol–water partition coefficient (Wildman–Crippen LogP) is 4.20. The Bertz CT molecular complexity index is 608. The Labute approximate surface area is 123 Å². The topological polar surface area (TPSA) is 30.5 Å². The minimum absolute atomic E-state index is 0.266. The summed E-state index contributed by atoms with van der Waals surface area (Å²) in [6.07, 6.45) is 0. The molecule has 0 saturated heterocycles. The van der Waals surface area contributed by atoms with Gasteiger partial charge in [-0.15, -0.1) is 11.3 Å². The van der Waals surface area contributed by atoms with Crippen molar-refractivity contribution in [1.82, 2.24) is 5.32 Å². The van der Waals surface area contributed by atoms with Gasteiger partial charge in [-0.2, -0.15) is 0 Å². The Balaban J connectivity index is 1.71. The van der Waals surface area contributed by atoms with E-state index in [9.17, 15) is 0 Å². The fourth-order valence-electron chi connectivity index (χ4n) is 2.42. The molecule has 1 N–H and O–H groups in total. The number of fused-ring (bicyclic) bond motifs is 1. The third-order valence-electron chi connectivity index (χ3n) is 3.58. The van der Waals surface area contributed by atoms with E-state index < -0.39 is 0 Å². The maximum absolute atomic E-state index is 5.43. The number of benzene rings is 1. The van der Waals surface area contributed by atoms with E-state index in [1.54, 1.807) is 0 Å². The van der Waals surface area contributed by atoms with Gasteiger partial charge in [0.15, 0.2) is 11.5 Å². The normalized spacial score (nSPS) is 16.1. The van der Waals surface area contributed by atoms with Crippen LogP contribution in [-0.2, 0) is 0 Å². The monoisotopic (exact) mass is 289 g/mol. The van der Waals surface area contributed by atoms with E-state index in [4.69, 9.17) is 9.47 Å². The van der Waals surface area contributed by atoms with Crippen LogP contribution in [-0.4, -0.2) is 6.79 Å². The molecule has 0 bridgehead atoms. The van der Waals surface area contributed by atoms with E-state index in [-0.39, 0.29) is 6.04 Å². The Morgan fingerprint density at radius 3 is 2.60 bits per heavy atom. The van der Waals surface area contributed by atoms with Gasteiger partial charge in [0.2, 0.25) is 6.79 Å². The van der Waals surface area contributed by atoms with Crippen molar-refractivity contribution in [3.8, 4) is 11.5 Å². The van der Waals surface area contributed by atoms with E-state index in [0.29, 0.717) is 12.8 Å². The molecule has 2 aromatic rings. The smallest absolute Gasteiger partial charge is 0.231 e. The molecular weight excluding hydrogens is 270 g/mol. The molecule has 1 aromatic heterocycles. The maximum Gasteiger partial charge on any atom is 0.231 e. The second-order valence-corrected chi connectivity index (χ2v) is 6.49. The molecule has 20 heavy (non-hydrogen) atoms. The zero-order chi connectivity index (χ0) is 14.1. The molecule has 1 aliphatic heterocycles. The summed E-state index contributed by atoms with van der Waals surface area (Å²) in [4.78, 5) is 2.72. The summed E-state index contributed by atoms with van der Waals surface area (Å²) in [7, 11) is 0. The van der Waals surface area contributed by atoms with Crippen LogP contribution < -0.4 is 14.8 Å². The van der Waals surface area contributed by atoms with Crippen LogP contribution >= 0.6 is 11.3 Å². The molecule has 2 unspecified atom stereocenters. The first kappa shape index (κ1) is 13.5. The van der Waals surface area contributed by atoms with Gasteiger partial charge >= 0.3 is 0 Å². The van der Waals surface area contributed by atoms with Crippen molar-refractivity contribution in [3.63, 3.8) is 0 Å². The Hall–Kier alpha value is -1.52. The number of nitrogens with one attached hydrogen (secondary N) is 1. The van der Waals surface area contributed by atoms with Gasteiger partial charge in [0, 0.05) is 21.8 Å². The minimum Gasteiger partial charge on any atom is -0.454 e. The Morgan fingerprint density at radius 1 is 1.05 bits per heavy atom. The first-order valence-electron chi connectivity index (χ1n) is 6.85. The molecule has 1 aliphatic rings. The summed E-state index contributed by atoms with van der Waals surface area (Å²) in [5.74, 6) is 1.68. The third kappa shape index (κ3) is 2.67. The van der Waals surface area contributed by atoms with Gasteiger partial charge < -0.3 is 14.8 Å². The molecule has 0 aliphatic carbocycles. The average Bonchev–Trinajstić information content (AvgIpc) is 3.05. The molecule has 3 rings (SSSR count). The van der Waals surface area contributed by atoms with Crippen LogP contribution in [0, 0.1) is 6.92 Å². The number of thiophene rings is 1. The molecule has 0 spiro atoms. The van der Waals surface area contributed by atoms with Crippen molar-refractivity contribution >= 4 is 11.3 Å². The summed E-state index contributed by atoms with van der Waals surface area (Å²) < 4.78 is 10.8. The van der Waals surface area contributed by atoms with Crippen LogP contribution in [0.4, 0.5) is 0 Å². The van der Waals surface area contributed by atoms with E-state index in [1.807, 2.05) is 17.4 Å². The quantitative estimate of drug-likeness (QED) is 0.915. The van der Waals surface area contributed by atoms with Crippen molar-refractivity contribution in [2.45, 2.75) is 32.9 Å². The molecule has 106 valence electrons. The van der Waals surface area contributed by atoms with Gasteiger partial charge in [-0.25, -0.2) is 0 Å². The zero-order valence-electron chi connectivity index (χ0n) is 12.0. The summed E-state index contributed by atoms with van der Waals surface area (Å²) >= 11 is 1.85. The number of aryl methyl sites for hydroxylation is 1. The Morgan fingerprint density at radius 2 is 1.85 bits per heavy atom. The van der Waals surface area contributed by atoms with Crippen molar-refractivity contribution in [3.05, 3.63) is 45.6 Å². The van der Waals surface area contributed by atoms with Gasteiger partial charge in [0.25, 0.3) is 0 Å². The lowest BCUT2D eigenvalue weighted by Crippen LogP contribution is -2.21. The lowest BCUT2D eigenvalue weighted by molar-refractivity contribution is 0.174. The molecule has 0 saturated carbocycles. The molecule has 4 heteroatoms. The molecule has 0 fully saturated rings. The molecule has 3 nitrogen and oxygen atoms in total. The maximum atomic E-state index is 5.43.